The molecule has 0 bridgehead atoms. The van der Waals surface area contributed by atoms with Crippen LogP contribution in [0, 0.1) is 5.92 Å². The molecule has 2 aliphatic carbocycles. The van der Waals surface area contributed by atoms with Gasteiger partial charge in [0.05, 0.1) is 5.69 Å². The van der Waals surface area contributed by atoms with Gasteiger partial charge in [0.2, 0.25) is 5.91 Å². The highest BCUT2D eigenvalue weighted by atomic mass is 16.2. The van der Waals surface area contributed by atoms with Crippen LogP contribution in [0.3, 0.4) is 0 Å². The van der Waals surface area contributed by atoms with Crippen molar-refractivity contribution in [3.8, 4) is 0 Å². The van der Waals surface area contributed by atoms with E-state index in [-0.39, 0.29) is 11.3 Å². The summed E-state index contributed by atoms with van der Waals surface area (Å²) in [6.45, 7) is 1.70. The van der Waals surface area contributed by atoms with Crippen molar-refractivity contribution in [3.63, 3.8) is 0 Å². The number of hydrogen-bond acceptors (Lipinski definition) is 1. The zero-order valence-corrected chi connectivity index (χ0v) is 12.1. The quantitative estimate of drug-likeness (QED) is 0.691. The van der Waals surface area contributed by atoms with E-state index in [4.69, 9.17) is 0 Å². The van der Waals surface area contributed by atoms with Gasteiger partial charge in [0.25, 0.3) is 0 Å². The van der Waals surface area contributed by atoms with Crippen LogP contribution in [0.5, 0.6) is 0 Å². The lowest BCUT2D eigenvalue weighted by Gasteiger charge is -2.46. The smallest absolute Gasteiger partial charge is 0.228 e. The maximum absolute atomic E-state index is 12.2. The van der Waals surface area contributed by atoms with Crippen molar-refractivity contribution in [2.75, 3.05) is 4.90 Å². The molecule has 0 N–H and O–H groups in total. The highest BCUT2D eigenvalue weighted by Crippen LogP contribution is 2.60. The first kappa shape index (κ1) is 12.2. The minimum absolute atomic E-state index is 0.138. The van der Waals surface area contributed by atoms with Gasteiger partial charge in [0, 0.05) is 18.0 Å². The summed E-state index contributed by atoms with van der Waals surface area (Å²) in [6, 6.07) is 8.57. The van der Waals surface area contributed by atoms with Crippen molar-refractivity contribution in [2.24, 2.45) is 5.92 Å². The van der Waals surface area contributed by atoms with Gasteiger partial charge in [-0.1, -0.05) is 37.1 Å². The molecular weight excluding hydrogens is 246 g/mol. The molecule has 1 saturated carbocycles. The number of rotatable bonds is 0. The second-order valence-corrected chi connectivity index (χ2v) is 6.45. The summed E-state index contributed by atoms with van der Waals surface area (Å²) < 4.78 is 0. The standard InChI is InChI=1S/C18H21NO/c1-13(20)19-16-10-3-2-9-15(16)18-12-5-4-7-14(18)8-6-11-17(18)19/h2-3,9-11,14H,4-8,12H2,1H3/t14-,18+/m1/s1. The summed E-state index contributed by atoms with van der Waals surface area (Å²) in [6.07, 6.45) is 9.91. The van der Waals surface area contributed by atoms with Gasteiger partial charge in [-0.15, -0.1) is 0 Å². The van der Waals surface area contributed by atoms with E-state index in [0.29, 0.717) is 0 Å². The van der Waals surface area contributed by atoms with E-state index in [2.05, 4.69) is 30.3 Å². The number of amides is 1. The van der Waals surface area contributed by atoms with Gasteiger partial charge in [-0.05, 0) is 43.2 Å². The molecule has 0 aromatic heterocycles. The third-order valence-electron chi connectivity index (χ3n) is 5.56. The molecule has 2 atom stereocenters. The Labute approximate surface area is 120 Å². The third kappa shape index (κ3) is 1.37. The molecule has 20 heavy (non-hydrogen) atoms. The predicted molar refractivity (Wildman–Crippen MR) is 80.6 cm³/mol. The fourth-order valence-electron chi connectivity index (χ4n) is 4.87. The van der Waals surface area contributed by atoms with Crippen LogP contribution in [-0.4, -0.2) is 5.91 Å². The Morgan fingerprint density at radius 3 is 2.95 bits per heavy atom. The van der Waals surface area contributed by atoms with Gasteiger partial charge in [0.1, 0.15) is 0 Å². The van der Waals surface area contributed by atoms with E-state index < -0.39 is 0 Å². The summed E-state index contributed by atoms with van der Waals surface area (Å²) in [7, 11) is 0. The largest absolute Gasteiger partial charge is 0.284 e. The van der Waals surface area contributed by atoms with Crippen LogP contribution >= 0.6 is 0 Å². The maximum Gasteiger partial charge on any atom is 0.228 e. The minimum atomic E-state index is 0.138. The molecule has 0 radical (unpaired) electrons. The van der Waals surface area contributed by atoms with Crippen molar-refractivity contribution in [3.05, 3.63) is 41.6 Å². The van der Waals surface area contributed by atoms with Crippen LogP contribution in [0.25, 0.3) is 0 Å². The van der Waals surface area contributed by atoms with Crippen LogP contribution in [0.1, 0.15) is 51.0 Å². The monoisotopic (exact) mass is 267 g/mol. The minimum Gasteiger partial charge on any atom is -0.284 e. The average molecular weight is 267 g/mol. The van der Waals surface area contributed by atoms with Crippen LogP contribution in [0.4, 0.5) is 5.69 Å². The van der Waals surface area contributed by atoms with Crippen molar-refractivity contribution < 1.29 is 4.79 Å². The molecule has 104 valence electrons. The van der Waals surface area contributed by atoms with Gasteiger partial charge in [-0.2, -0.15) is 0 Å². The lowest BCUT2D eigenvalue weighted by atomic mass is 9.58. The molecule has 1 fully saturated rings. The number of nitrogens with zero attached hydrogens (tertiary/aromatic N) is 1. The van der Waals surface area contributed by atoms with E-state index in [0.717, 1.165) is 18.0 Å². The first-order valence-corrected chi connectivity index (χ1v) is 7.86. The zero-order chi connectivity index (χ0) is 13.7. The number of para-hydroxylation sites is 1. The Morgan fingerprint density at radius 1 is 1.25 bits per heavy atom. The number of carbonyl (C=O) groups excluding carboxylic acids is 1. The third-order valence-corrected chi connectivity index (χ3v) is 5.56. The lowest BCUT2D eigenvalue weighted by molar-refractivity contribution is -0.116. The van der Waals surface area contributed by atoms with Crippen molar-refractivity contribution in [1.29, 1.82) is 0 Å². The lowest BCUT2D eigenvalue weighted by Crippen LogP contribution is -2.43. The topological polar surface area (TPSA) is 20.3 Å². The fraction of sp³-hybridized carbons (Fsp3) is 0.500. The van der Waals surface area contributed by atoms with E-state index in [1.54, 1.807) is 6.92 Å². The number of anilines is 1. The van der Waals surface area contributed by atoms with Crippen LogP contribution < -0.4 is 4.90 Å². The van der Waals surface area contributed by atoms with Crippen molar-refractivity contribution in [1.82, 2.24) is 0 Å². The summed E-state index contributed by atoms with van der Waals surface area (Å²) in [5, 5.41) is 0. The molecule has 2 nitrogen and oxygen atoms in total. The van der Waals surface area contributed by atoms with E-state index in [1.807, 2.05) is 4.90 Å². The van der Waals surface area contributed by atoms with Crippen molar-refractivity contribution >= 4 is 11.6 Å². The highest BCUT2D eigenvalue weighted by molar-refractivity contribution is 5.99. The Bertz CT molecular complexity index is 603. The Hall–Kier alpha value is -1.57. The molecule has 1 aromatic rings. The molecule has 0 unspecified atom stereocenters. The summed E-state index contributed by atoms with van der Waals surface area (Å²) in [4.78, 5) is 14.2. The number of hydrogen-bond donors (Lipinski definition) is 0. The Morgan fingerprint density at radius 2 is 2.10 bits per heavy atom. The summed E-state index contributed by atoms with van der Waals surface area (Å²) in [5.74, 6) is 0.883. The number of benzene rings is 1. The first-order chi connectivity index (χ1) is 9.75. The van der Waals surface area contributed by atoms with Crippen LogP contribution in [-0.2, 0) is 10.2 Å². The summed E-state index contributed by atoms with van der Waals surface area (Å²) in [5.41, 5.74) is 3.98. The van der Waals surface area contributed by atoms with Crippen LogP contribution in [0.2, 0.25) is 0 Å². The SMILES string of the molecule is CC(=O)N1C2=CCC[C@H]3CCCC[C@]23c2ccccc21. The zero-order valence-electron chi connectivity index (χ0n) is 12.1. The van der Waals surface area contributed by atoms with E-state index >= 15 is 0 Å². The van der Waals surface area contributed by atoms with Crippen LogP contribution in [0.15, 0.2) is 36.0 Å². The van der Waals surface area contributed by atoms with Gasteiger partial charge in [-0.25, -0.2) is 0 Å². The molecule has 2 heteroatoms. The normalized spacial score (nSPS) is 31.1. The first-order valence-electron chi connectivity index (χ1n) is 7.86. The highest BCUT2D eigenvalue weighted by Gasteiger charge is 2.54. The number of carbonyl (C=O) groups is 1. The molecule has 0 saturated heterocycles. The number of allylic oxidation sites excluding steroid dienone is 2. The maximum atomic E-state index is 12.2. The summed E-state index contributed by atoms with van der Waals surface area (Å²) >= 11 is 0. The molecule has 3 aliphatic rings. The average Bonchev–Trinajstić information content (AvgIpc) is 2.76. The fourth-order valence-corrected chi connectivity index (χ4v) is 4.87. The Kier molecular flexibility index (Phi) is 2.57. The molecule has 1 amide bonds. The number of fused-ring (bicyclic) bond motifs is 1. The Balaban J connectivity index is 1.99. The molecule has 4 rings (SSSR count). The molecule has 1 aliphatic heterocycles. The second-order valence-electron chi connectivity index (χ2n) is 6.45. The van der Waals surface area contributed by atoms with Gasteiger partial charge >= 0.3 is 0 Å². The molecular formula is C18H21NO. The molecule has 1 heterocycles. The molecule has 1 spiro atoms. The van der Waals surface area contributed by atoms with Gasteiger partial charge in [0.15, 0.2) is 0 Å². The van der Waals surface area contributed by atoms with Gasteiger partial charge in [-0.3, -0.25) is 9.69 Å². The molecule has 1 aromatic carbocycles. The van der Waals surface area contributed by atoms with Gasteiger partial charge < -0.3 is 0 Å². The second kappa shape index (κ2) is 4.21. The van der Waals surface area contributed by atoms with E-state index in [1.165, 1.54) is 43.4 Å². The predicted octanol–water partition coefficient (Wildman–Crippen LogP) is 4.16. The van der Waals surface area contributed by atoms with E-state index in [9.17, 15) is 4.79 Å². The van der Waals surface area contributed by atoms with Crippen molar-refractivity contribution in [2.45, 2.75) is 50.9 Å².